The van der Waals surface area contributed by atoms with Crippen molar-refractivity contribution in [3.63, 3.8) is 0 Å². The molecule has 2 rings (SSSR count). The molecule has 0 aliphatic carbocycles. The van der Waals surface area contributed by atoms with Gasteiger partial charge in [-0.05, 0) is 19.9 Å². The maximum absolute atomic E-state index is 12.0. The number of imide groups is 1. The summed E-state index contributed by atoms with van der Waals surface area (Å²) in [7, 11) is 0. The van der Waals surface area contributed by atoms with Gasteiger partial charge in [-0.1, -0.05) is 0 Å². The van der Waals surface area contributed by atoms with Crippen molar-refractivity contribution in [1.29, 1.82) is 0 Å². The van der Waals surface area contributed by atoms with E-state index in [9.17, 15) is 14.4 Å². The SMILES string of the molecule is CC(C)N1C(=O)CC(NC(=O)c2coc(CN)c2)C1=O. The molecule has 0 bridgehead atoms. The number of hydrogen-bond acceptors (Lipinski definition) is 5. The molecule has 7 heteroatoms. The zero-order chi connectivity index (χ0) is 14.9. The summed E-state index contributed by atoms with van der Waals surface area (Å²) in [4.78, 5) is 36.9. The fourth-order valence-corrected chi connectivity index (χ4v) is 2.15. The Kier molecular flexibility index (Phi) is 3.89. The Balaban J connectivity index is 2.05. The summed E-state index contributed by atoms with van der Waals surface area (Å²) in [6, 6.07) is 0.486. The predicted octanol–water partition coefficient (Wildman–Crippen LogP) is 0.00400. The standard InChI is InChI=1S/C13H17N3O4/c1-7(2)16-11(17)4-10(13(16)19)15-12(18)8-3-9(5-14)20-6-8/h3,6-7,10H,4-5,14H2,1-2H3,(H,15,18). The van der Waals surface area contributed by atoms with E-state index in [0.29, 0.717) is 5.76 Å². The Hall–Kier alpha value is -2.15. The first-order valence-electron chi connectivity index (χ1n) is 6.38. The number of nitrogens with zero attached hydrogens (tertiary/aromatic N) is 1. The van der Waals surface area contributed by atoms with Gasteiger partial charge in [0.25, 0.3) is 11.8 Å². The molecule has 1 aliphatic rings. The van der Waals surface area contributed by atoms with Crippen LogP contribution in [0.25, 0.3) is 0 Å². The minimum Gasteiger partial charge on any atom is -0.467 e. The number of rotatable bonds is 4. The van der Waals surface area contributed by atoms with Crippen LogP contribution in [0.3, 0.4) is 0 Å². The van der Waals surface area contributed by atoms with Crippen LogP contribution >= 0.6 is 0 Å². The average molecular weight is 279 g/mol. The predicted molar refractivity (Wildman–Crippen MR) is 69.5 cm³/mol. The summed E-state index contributed by atoms with van der Waals surface area (Å²) in [6.07, 6.45) is 1.27. The van der Waals surface area contributed by atoms with E-state index in [1.165, 1.54) is 17.2 Å². The number of amides is 3. The fraction of sp³-hybridized carbons (Fsp3) is 0.462. The summed E-state index contributed by atoms with van der Waals surface area (Å²) in [6.45, 7) is 3.70. The Morgan fingerprint density at radius 2 is 2.25 bits per heavy atom. The van der Waals surface area contributed by atoms with Crippen LogP contribution in [0.1, 0.15) is 36.4 Å². The van der Waals surface area contributed by atoms with Gasteiger partial charge in [0.2, 0.25) is 5.91 Å². The van der Waals surface area contributed by atoms with Gasteiger partial charge in [0.1, 0.15) is 18.1 Å². The quantitative estimate of drug-likeness (QED) is 0.755. The number of carbonyl (C=O) groups is 3. The number of furan rings is 1. The smallest absolute Gasteiger partial charge is 0.255 e. The number of likely N-dealkylation sites (tertiary alicyclic amines) is 1. The van der Waals surface area contributed by atoms with Crippen molar-refractivity contribution in [3.05, 3.63) is 23.7 Å². The molecule has 0 radical (unpaired) electrons. The van der Waals surface area contributed by atoms with Gasteiger partial charge in [0, 0.05) is 6.04 Å². The molecule has 1 aromatic rings. The molecule has 1 saturated heterocycles. The van der Waals surface area contributed by atoms with E-state index < -0.39 is 11.9 Å². The molecule has 20 heavy (non-hydrogen) atoms. The molecule has 108 valence electrons. The Morgan fingerprint density at radius 1 is 1.55 bits per heavy atom. The summed E-state index contributed by atoms with van der Waals surface area (Å²) in [5.74, 6) is -0.621. The first-order chi connectivity index (χ1) is 9.43. The van der Waals surface area contributed by atoms with Crippen LogP contribution in [0.15, 0.2) is 16.7 Å². The normalized spacial score (nSPS) is 19.0. The first kappa shape index (κ1) is 14.3. The lowest BCUT2D eigenvalue weighted by Crippen LogP contribution is -2.43. The third-order valence-corrected chi connectivity index (χ3v) is 3.12. The van der Waals surface area contributed by atoms with Gasteiger partial charge < -0.3 is 15.5 Å². The van der Waals surface area contributed by atoms with Crippen LogP contribution in [0.2, 0.25) is 0 Å². The molecule has 0 aromatic carbocycles. The molecule has 1 fully saturated rings. The molecule has 1 aromatic heterocycles. The molecule has 2 heterocycles. The van der Waals surface area contributed by atoms with Crippen LogP contribution in [0.4, 0.5) is 0 Å². The summed E-state index contributed by atoms with van der Waals surface area (Å²) >= 11 is 0. The molecular formula is C13H17N3O4. The molecule has 3 N–H and O–H groups in total. The second kappa shape index (κ2) is 5.46. The molecule has 0 saturated carbocycles. The van der Waals surface area contributed by atoms with Gasteiger partial charge in [-0.25, -0.2) is 0 Å². The van der Waals surface area contributed by atoms with E-state index in [1.54, 1.807) is 13.8 Å². The highest BCUT2D eigenvalue weighted by molar-refractivity contribution is 6.08. The molecule has 3 amide bonds. The Bertz CT molecular complexity index is 550. The van der Waals surface area contributed by atoms with Gasteiger partial charge in [0.05, 0.1) is 18.5 Å². The van der Waals surface area contributed by atoms with Gasteiger partial charge in [0.15, 0.2) is 0 Å². The summed E-state index contributed by atoms with van der Waals surface area (Å²) < 4.78 is 5.06. The highest BCUT2D eigenvalue weighted by atomic mass is 16.3. The fourth-order valence-electron chi connectivity index (χ4n) is 2.15. The molecule has 7 nitrogen and oxygen atoms in total. The number of carbonyl (C=O) groups excluding carboxylic acids is 3. The molecule has 1 unspecified atom stereocenters. The summed E-state index contributed by atoms with van der Waals surface area (Å²) in [5, 5.41) is 2.55. The lowest BCUT2D eigenvalue weighted by Gasteiger charge is -2.19. The second-order valence-corrected chi connectivity index (χ2v) is 4.93. The molecule has 0 spiro atoms. The second-order valence-electron chi connectivity index (χ2n) is 4.93. The van der Waals surface area contributed by atoms with E-state index in [2.05, 4.69) is 5.32 Å². The Morgan fingerprint density at radius 3 is 2.75 bits per heavy atom. The van der Waals surface area contributed by atoms with Gasteiger partial charge in [-0.2, -0.15) is 0 Å². The van der Waals surface area contributed by atoms with Gasteiger partial charge in [-0.15, -0.1) is 0 Å². The highest BCUT2D eigenvalue weighted by Crippen LogP contribution is 2.17. The van der Waals surface area contributed by atoms with E-state index in [1.807, 2.05) is 0 Å². The van der Waals surface area contributed by atoms with Gasteiger partial charge in [-0.3, -0.25) is 19.3 Å². The van der Waals surface area contributed by atoms with Crippen molar-refractivity contribution >= 4 is 17.7 Å². The van der Waals surface area contributed by atoms with Crippen LogP contribution in [-0.2, 0) is 16.1 Å². The van der Waals surface area contributed by atoms with Crippen molar-refractivity contribution in [2.45, 2.75) is 38.9 Å². The first-order valence-corrected chi connectivity index (χ1v) is 6.38. The highest BCUT2D eigenvalue weighted by Gasteiger charge is 2.40. The van der Waals surface area contributed by atoms with Crippen molar-refractivity contribution in [2.24, 2.45) is 5.73 Å². The molecular weight excluding hydrogens is 262 g/mol. The van der Waals surface area contributed by atoms with Crippen molar-refractivity contribution in [1.82, 2.24) is 10.2 Å². The zero-order valence-electron chi connectivity index (χ0n) is 11.4. The minimum atomic E-state index is -0.811. The lowest BCUT2D eigenvalue weighted by molar-refractivity contribution is -0.140. The molecule has 1 atom stereocenters. The van der Waals surface area contributed by atoms with E-state index in [4.69, 9.17) is 10.2 Å². The third-order valence-electron chi connectivity index (χ3n) is 3.12. The zero-order valence-corrected chi connectivity index (χ0v) is 11.4. The van der Waals surface area contributed by atoms with Crippen LogP contribution in [0.5, 0.6) is 0 Å². The number of nitrogens with one attached hydrogen (secondary N) is 1. The number of hydrogen-bond donors (Lipinski definition) is 2. The van der Waals surface area contributed by atoms with Crippen LogP contribution < -0.4 is 11.1 Å². The van der Waals surface area contributed by atoms with E-state index in [-0.39, 0.29) is 36.4 Å². The molecule has 1 aliphatic heterocycles. The van der Waals surface area contributed by atoms with Gasteiger partial charge >= 0.3 is 0 Å². The van der Waals surface area contributed by atoms with Crippen molar-refractivity contribution in [3.8, 4) is 0 Å². The van der Waals surface area contributed by atoms with E-state index >= 15 is 0 Å². The largest absolute Gasteiger partial charge is 0.467 e. The maximum Gasteiger partial charge on any atom is 0.255 e. The topological polar surface area (TPSA) is 106 Å². The van der Waals surface area contributed by atoms with Crippen molar-refractivity contribution < 1.29 is 18.8 Å². The van der Waals surface area contributed by atoms with Crippen LogP contribution in [0, 0.1) is 0 Å². The van der Waals surface area contributed by atoms with Crippen molar-refractivity contribution in [2.75, 3.05) is 0 Å². The third kappa shape index (κ3) is 2.57. The van der Waals surface area contributed by atoms with Crippen LogP contribution in [-0.4, -0.2) is 34.7 Å². The summed E-state index contributed by atoms with van der Waals surface area (Å²) in [5.41, 5.74) is 5.67. The number of nitrogens with two attached hydrogens (primary N) is 1. The maximum atomic E-state index is 12.0. The monoisotopic (exact) mass is 279 g/mol. The lowest BCUT2D eigenvalue weighted by atomic mass is 10.2. The average Bonchev–Trinajstić information content (AvgIpc) is 2.95. The Labute approximate surface area is 116 Å². The minimum absolute atomic E-state index is 0.00957. The van der Waals surface area contributed by atoms with E-state index in [0.717, 1.165) is 0 Å².